The molecule has 4 heterocycles. The van der Waals surface area contributed by atoms with Crippen molar-refractivity contribution in [3.63, 3.8) is 0 Å². The number of amides is 1. The van der Waals surface area contributed by atoms with Crippen LogP contribution in [0.15, 0.2) is 77.9 Å². The number of hydrogen-bond acceptors (Lipinski definition) is 8. The largest absolute Gasteiger partial charge is 0.480 e. The number of benzene rings is 1. The second-order valence-corrected chi connectivity index (χ2v) is 10.6. The van der Waals surface area contributed by atoms with Crippen LogP contribution < -0.4 is 10.1 Å². The molecule has 1 aliphatic carbocycles. The molecule has 1 fully saturated rings. The van der Waals surface area contributed by atoms with Crippen molar-refractivity contribution in [2.75, 3.05) is 7.11 Å². The maximum atomic E-state index is 13.7. The number of unbranched alkanes of at least 4 members (excludes halogenated alkanes) is 2. The Kier molecular flexibility index (Phi) is 7.76. The Balaban J connectivity index is 1.20. The molecule has 1 atom stereocenters. The first kappa shape index (κ1) is 27.3. The number of hydrogen-bond donors (Lipinski definition) is 2. The molecule has 0 aliphatic heterocycles. The molecule has 1 aliphatic rings. The van der Waals surface area contributed by atoms with Crippen molar-refractivity contribution >= 4 is 22.6 Å². The second-order valence-electron chi connectivity index (χ2n) is 10.6. The van der Waals surface area contributed by atoms with E-state index in [4.69, 9.17) is 14.1 Å². The van der Waals surface area contributed by atoms with Gasteiger partial charge in [0.1, 0.15) is 12.1 Å². The topological polar surface area (TPSA) is 136 Å². The molecule has 0 radical (unpaired) electrons. The summed E-state index contributed by atoms with van der Waals surface area (Å²) in [5.74, 6) is 1.18. The highest BCUT2D eigenvalue weighted by molar-refractivity contribution is 5.92. The molecule has 0 bridgehead atoms. The number of Topliss-reactive ketones (excluding diaryl/α,β-unsaturated/α-hetero) is 1. The summed E-state index contributed by atoms with van der Waals surface area (Å²) in [7, 11) is 1.60. The molecule has 214 valence electrons. The minimum absolute atomic E-state index is 0.0133. The zero-order chi connectivity index (χ0) is 28.9. The van der Waals surface area contributed by atoms with Crippen molar-refractivity contribution in [1.29, 1.82) is 0 Å². The minimum Gasteiger partial charge on any atom is -0.480 e. The predicted octanol–water partition coefficient (Wildman–Crippen LogP) is 5.74. The summed E-state index contributed by atoms with van der Waals surface area (Å²) < 4.78 is 10.7. The normalized spacial score (nSPS) is 14.4. The Morgan fingerprint density at radius 1 is 1.07 bits per heavy atom. The van der Waals surface area contributed by atoms with Crippen molar-refractivity contribution in [3.8, 4) is 17.1 Å². The van der Waals surface area contributed by atoms with Crippen molar-refractivity contribution in [2.24, 2.45) is 0 Å². The van der Waals surface area contributed by atoms with Crippen molar-refractivity contribution in [3.05, 3.63) is 90.8 Å². The van der Waals surface area contributed by atoms with E-state index in [1.165, 1.54) is 12.5 Å². The molecule has 1 amide bonds. The van der Waals surface area contributed by atoms with Gasteiger partial charge in [-0.3, -0.25) is 14.6 Å². The van der Waals surface area contributed by atoms with Gasteiger partial charge >= 0.3 is 0 Å². The Morgan fingerprint density at radius 2 is 1.90 bits per heavy atom. The van der Waals surface area contributed by atoms with Crippen LogP contribution in [0.1, 0.15) is 73.1 Å². The van der Waals surface area contributed by atoms with Gasteiger partial charge in [0.05, 0.1) is 47.7 Å². The predicted molar refractivity (Wildman–Crippen MR) is 156 cm³/mol. The van der Waals surface area contributed by atoms with Crippen LogP contribution in [0, 0.1) is 0 Å². The number of fused-ring (bicyclic) bond motifs is 1. The third-order valence-corrected chi connectivity index (χ3v) is 7.89. The number of carbonyl (C=O) groups is 2. The quantitative estimate of drug-likeness (QED) is 0.137. The van der Waals surface area contributed by atoms with Gasteiger partial charge in [0, 0.05) is 24.2 Å². The molecule has 0 unspecified atom stereocenters. The number of nitrogens with one attached hydrogen (secondary N) is 2. The number of imidazole rings is 1. The van der Waals surface area contributed by atoms with E-state index >= 15 is 0 Å². The van der Waals surface area contributed by atoms with Crippen LogP contribution in [-0.4, -0.2) is 43.7 Å². The lowest BCUT2D eigenvalue weighted by Gasteiger charge is -2.22. The number of rotatable bonds is 13. The molecule has 2 N–H and O–H groups in total. The van der Waals surface area contributed by atoms with Crippen LogP contribution >= 0.6 is 0 Å². The van der Waals surface area contributed by atoms with Gasteiger partial charge in [0.25, 0.3) is 5.89 Å². The van der Waals surface area contributed by atoms with Gasteiger partial charge in [-0.1, -0.05) is 31.0 Å². The highest BCUT2D eigenvalue weighted by Crippen LogP contribution is 2.48. The van der Waals surface area contributed by atoms with Gasteiger partial charge in [-0.25, -0.2) is 15.0 Å². The van der Waals surface area contributed by atoms with Gasteiger partial charge < -0.3 is 19.5 Å². The molecule has 42 heavy (non-hydrogen) atoms. The van der Waals surface area contributed by atoms with E-state index in [0.717, 1.165) is 53.4 Å². The number of aromatic amines is 1. The monoisotopic (exact) mass is 564 g/mol. The summed E-state index contributed by atoms with van der Waals surface area (Å²) in [5, 5.41) is 4.28. The number of ether oxygens (including phenoxy) is 1. The van der Waals surface area contributed by atoms with E-state index in [0.29, 0.717) is 31.0 Å². The van der Waals surface area contributed by atoms with E-state index in [1.54, 1.807) is 25.7 Å². The fourth-order valence-electron chi connectivity index (χ4n) is 5.39. The third kappa shape index (κ3) is 5.65. The van der Waals surface area contributed by atoms with Crippen LogP contribution in [0.4, 0.5) is 0 Å². The van der Waals surface area contributed by atoms with E-state index < -0.39 is 5.41 Å². The zero-order valence-electron chi connectivity index (χ0n) is 23.4. The van der Waals surface area contributed by atoms with Gasteiger partial charge in [0.15, 0.2) is 0 Å². The van der Waals surface area contributed by atoms with Crippen molar-refractivity contribution in [2.45, 2.75) is 56.4 Å². The number of pyridine rings is 2. The molecule has 4 aromatic heterocycles. The highest BCUT2D eigenvalue weighted by atomic mass is 16.5. The molecular formula is C32H32N6O4. The van der Waals surface area contributed by atoms with Crippen LogP contribution in [-0.2, 0) is 10.2 Å². The number of oxazole rings is 1. The summed E-state index contributed by atoms with van der Waals surface area (Å²) in [6.45, 7) is 0. The van der Waals surface area contributed by atoms with Crippen LogP contribution in [0.2, 0.25) is 0 Å². The fourth-order valence-corrected chi connectivity index (χ4v) is 5.39. The van der Waals surface area contributed by atoms with Gasteiger partial charge in [-0.2, -0.15) is 0 Å². The fraction of sp³-hybridized carbons (Fsp3) is 0.312. The highest BCUT2D eigenvalue weighted by Gasteiger charge is 2.51. The summed E-state index contributed by atoms with van der Waals surface area (Å²) in [6, 6.07) is 13.4. The van der Waals surface area contributed by atoms with Gasteiger partial charge in [0.2, 0.25) is 17.6 Å². The molecule has 10 nitrogen and oxygen atoms in total. The molecular weight excluding hydrogens is 532 g/mol. The molecule has 1 aromatic carbocycles. The zero-order valence-corrected chi connectivity index (χ0v) is 23.4. The molecule has 5 aromatic rings. The van der Waals surface area contributed by atoms with Crippen molar-refractivity contribution in [1.82, 2.24) is 30.2 Å². The average molecular weight is 565 g/mol. The summed E-state index contributed by atoms with van der Waals surface area (Å²) in [4.78, 5) is 46.8. The molecule has 6 rings (SSSR count). The number of aromatic nitrogens is 5. The summed E-state index contributed by atoms with van der Waals surface area (Å²) in [5.41, 5.74) is 2.83. The average Bonchev–Trinajstić information content (AvgIpc) is 3.39. The van der Waals surface area contributed by atoms with Gasteiger partial charge in [-0.05, 0) is 55.5 Å². The maximum Gasteiger partial charge on any atom is 0.263 e. The van der Waals surface area contributed by atoms with Crippen molar-refractivity contribution < 1.29 is 18.7 Å². The number of ketones is 1. The third-order valence-electron chi connectivity index (χ3n) is 7.89. The maximum absolute atomic E-state index is 13.7. The Bertz CT molecular complexity index is 1680. The van der Waals surface area contributed by atoms with Crippen LogP contribution in [0.25, 0.3) is 22.2 Å². The molecule has 10 heteroatoms. The number of methoxy groups -OCH3 is 1. The summed E-state index contributed by atoms with van der Waals surface area (Å²) in [6.07, 6.45) is 13.0. The van der Waals surface area contributed by atoms with E-state index in [-0.39, 0.29) is 23.6 Å². The molecule has 1 saturated carbocycles. The second kappa shape index (κ2) is 11.9. The SMILES string of the molecule is COc1nc2ccccc2cc1-c1cnc([C@H](CCCCCC(=O)c2ncco2)NC(=O)C2(c3ccncc3)CC2)[nH]1. The number of nitrogens with zero attached hydrogens (tertiary/aromatic N) is 4. The summed E-state index contributed by atoms with van der Waals surface area (Å²) >= 11 is 0. The smallest absolute Gasteiger partial charge is 0.263 e. The van der Waals surface area contributed by atoms with Gasteiger partial charge in [-0.15, -0.1) is 0 Å². The Hall–Kier alpha value is -4.86. The van der Waals surface area contributed by atoms with Crippen LogP contribution in [0.3, 0.4) is 0 Å². The lowest BCUT2D eigenvalue weighted by Crippen LogP contribution is -2.37. The standard InChI is InChI=1S/C32H32N6O4/c1-41-29-23(19-21-7-5-6-8-24(21)37-29)26-20-35-28(36-26)25(9-3-2-4-10-27(39)30-34-17-18-42-30)38-31(40)32(13-14-32)22-11-15-33-16-12-22/h5-8,11-12,15-20,25H,2-4,9-10,13-14H2,1H3,(H,35,36)(H,38,40)/t25-/m0/s1. The molecule has 0 spiro atoms. The number of carbonyl (C=O) groups excluding carboxylic acids is 2. The number of para-hydroxylation sites is 1. The van der Waals surface area contributed by atoms with Crippen LogP contribution in [0.5, 0.6) is 5.88 Å². The lowest BCUT2D eigenvalue weighted by molar-refractivity contribution is -0.124. The van der Waals surface area contributed by atoms with E-state index in [9.17, 15) is 9.59 Å². The lowest BCUT2D eigenvalue weighted by atomic mass is 9.95. The molecule has 0 saturated heterocycles. The van der Waals surface area contributed by atoms with E-state index in [2.05, 4.69) is 25.3 Å². The number of H-pyrrole nitrogens is 1. The first-order chi connectivity index (χ1) is 20.6. The first-order valence-corrected chi connectivity index (χ1v) is 14.2. The Labute approximate surface area is 243 Å². The van der Waals surface area contributed by atoms with E-state index in [1.807, 2.05) is 42.5 Å². The first-order valence-electron chi connectivity index (χ1n) is 14.2. The Morgan fingerprint density at radius 3 is 2.67 bits per heavy atom. The minimum atomic E-state index is -0.537.